The fourth-order valence-corrected chi connectivity index (χ4v) is 3.17. The predicted molar refractivity (Wildman–Crippen MR) is 89.3 cm³/mol. The molecule has 0 aliphatic carbocycles. The van der Waals surface area contributed by atoms with Gasteiger partial charge in [0.1, 0.15) is 12.3 Å². The second-order valence-electron chi connectivity index (χ2n) is 6.36. The van der Waals surface area contributed by atoms with Gasteiger partial charge in [-0.15, -0.1) is 0 Å². The van der Waals surface area contributed by atoms with Crippen LogP contribution in [0.3, 0.4) is 0 Å². The number of amides is 2. The summed E-state index contributed by atoms with van der Waals surface area (Å²) in [6.07, 6.45) is 2.51. The normalized spacial score (nSPS) is 20.4. The van der Waals surface area contributed by atoms with Gasteiger partial charge in [0.05, 0.1) is 5.69 Å². The summed E-state index contributed by atoms with van der Waals surface area (Å²) in [4.78, 5) is 40.0. The first-order valence-electron chi connectivity index (χ1n) is 8.38. The average molecular weight is 330 g/mol. The van der Waals surface area contributed by atoms with Crippen LogP contribution in [0.25, 0.3) is 0 Å². The molecule has 2 aliphatic heterocycles. The highest BCUT2D eigenvalue weighted by atomic mass is 16.5. The topological polar surface area (TPSA) is 66.9 Å². The molecule has 3 rings (SSSR count). The number of ether oxygens (including phenoxy) is 1. The Balaban J connectivity index is 1.88. The van der Waals surface area contributed by atoms with Gasteiger partial charge in [0.25, 0.3) is 5.91 Å². The summed E-state index contributed by atoms with van der Waals surface area (Å²) < 4.78 is 5.61. The van der Waals surface area contributed by atoms with Crippen molar-refractivity contribution in [2.24, 2.45) is 0 Å². The van der Waals surface area contributed by atoms with Crippen molar-refractivity contribution >= 4 is 23.3 Å². The SMILES string of the molecule is CC(=O)c1ccc2c(c1)N(CC(=O)N1CCCCC1)C(=O)[C@H](C)O2. The van der Waals surface area contributed by atoms with E-state index >= 15 is 0 Å². The van der Waals surface area contributed by atoms with Gasteiger partial charge in [0.2, 0.25) is 5.91 Å². The summed E-state index contributed by atoms with van der Waals surface area (Å²) in [5, 5.41) is 0. The van der Waals surface area contributed by atoms with Crippen LogP contribution in [0, 0.1) is 0 Å². The van der Waals surface area contributed by atoms with Crippen LogP contribution < -0.4 is 9.64 Å². The maximum Gasteiger partial charge on any atom is 0.268 e. The zero-order valence-corrected chi connectivity index (χ0v) is 14.1. The van der Waals surface area contributed by atoms with Gasteiger partial charge in [-0.05, 0) is 51.3 Å². The van der Waals surface area contributed by atoms with Crippen LogP contribution in [0.15, 0.2) is 18.2 Å². The highest BCUT2D eigenvalue weighted by Gasteiger charge is 2.34. The Bertz CT molecular complexity index is 680. The second kappa shape index (κ2) is 6.63. The first-order valence-corrected chi connectivity index (χ1v) is 8.38. The largest absolute Gasteiger partial charge is 0.479 e. The summed E-state index contributed by atoms with van der Waals surface area (Å²) in [7, 11) is 0. The minimum atomic E-state index is -0.644. The standard InChI is InChI=1S/C18H22N2O4/c1-12(21)14-6-7-16-15(10-14)20(18(23)13(2)24-16)11-17(22)19-8-4-3-5-9-19/h6-7,10,13H,3-5,8-9,11H2,1-2H3/t13-/m0/s1. The average Bonchev–Trinajstić information content (AvgIpc) is 2.59. The van der Waals surface area contributed by atoms with Crippen LogP contribution in [0.5, 0.6) is 5.75 Å². The van der Waals surface area contributed by atoms with Crippen molar-refractivity contribution in [2.75, 3.05) is 24.5 Å². The van der Waals surface area contributed by atoms with E-state index in [-0.39, 0.29) is 24.1 Å². The number of carbonyl (C=O) groups excluding carboxylic acids is 3. The predicted octanol–water partition coefficient (Wildman–Crippen LogP) is 2.02. The van der Waals surface area contributed by atoms with E-state index in [4.69, 9.17) is 4.74 Å². The Morgan fingerprint density at radius 1 is 1.21 bits per heavy atom. The molecule has 24 heavy (non-hydrogen) atoms. The number of fused-ring (bicyclic) bond motifs is 1. The number of ketones is 1. The molecule has 6 heteroatoms. The van der Waals surface area contributed by atoms with E-state index in [0.29, 0.717) is 17.0 Å². The summed E-state index contributed by atoms with van der Waals surface area (Å²) in [5.41, 5.74) is 0.992. The van der Waals surface area contributed by atoms with Gasteiger partial charge in [0.15, 0.2) is 11.9 Å². The van der Waals surface area contributed by atoms with E-state index in [1.165, 1.54) is 11.8 Å². The molecule has 1 saturated heterocycles. The number of Topliss-reactive ketones (excluding diaryl/α,β-unsaturated/α-hetero) is 1. The molecule has 2 heterocycles. The smallest absolute Gasteiger partial charge is 0.268 e. The van der Waals surface area contributed by atoms with Crippen molar-refractivity contribution in [3.8, 4) is 5.75 Å². The molecule has 0 spiro atoms. The van der Waals surface area contributed by atoms with Crippen molar-refractivity contribution in [3.63, 3.8) is 0 Å². The Hall–Kier alpha value is -2.37. The Labute approximate surface area is 141 Å². The lowest BCUT2D eigenvalue weighted by Crippen LogP contribution is -2.50. The molecule has 0 radical (unpaired) electrons. The van der Waals surface area contributed by atoms with E-state index in [1.807, 2.05) is 4.90 Å². The number of hydrogen-bond donors (Lipinski definition) is 0. The summed E-state index contributed by atoms with van der Waals surface area (Å²) >= 11 is 0. The second-order valence-corrected chi connectivity index (χ2v) is 6.36. The highest BCUT2D eigenvalue weighted by molar-refractivity contribution is 6.05. The third-order valence-corrected chi connectivity index (χ3v) is 4.58. The van der Waals surface area contributed by atoms with Gasteiger partial charge in [0, 0.05) is 18.7 Å². The number of likely N-dealkylation sites (tertiary alicyclic amines) is 1. The van der Waals surface area contributed by atoms with Crippen LogP contribution in [-0.4, -0.2) is 48.2 Å². The molecule has 1 aromatic carbocycles. The van der Waals surface area contributed by atoms with E-state index in [2.05, 4.69) is 0 Å². The van der Waals surface area contributed by atoms with Crippen molar-refractivity contribution in [1.29, 1.82) is 0 Å². The number of piperidine rings is 1. The number of rotatable bonds is 3. The first-order chi connectivity index (χ1) is 11.5. The molecular weight excluding hydrogens is 308 g/mol. The maximum absolute atomic E-state index is 12.6. The first kappa shape index (κ1) is 16.5. The molecule has 0 aromatic heterocycles. The summed E-state index contributed by atoms with van der Waals surface area (Å²) in [6.45, 7) is 4.61. The molecule has 1 atom stereocenters. The van der Waals surface area contributed by atoms with Crippen LogP contribution in [-0.2, 0) is 9.59 Å². The lowest BCUT2D eigenvalue weighted by atomic mass is 10.1. The van der Waals surface area contributed by atoms with Gasteiger partial charge in [-0.3, -0.25) is 19.3 Å². The number of nitrogens with zero attached hydrogens (tertiary/aromatic N) is 2. The van der Waals surface area contributed by atoms with E-state index < -0.39 is 6.10 Å². The van der Waals surface area contributed by atoms with Crippen LogP contribution >= 0.6 is 0 Å². The number of carbonyl (C=O) groups is 3. The molecule has 128 valence electrons. The molecular formula is C18H22N2O4. The molecule has 0 N–H and O–H groups in total. The molecule has 6 nitrogen and oxygen atoms in total. The molecule has 0 saturated carbocycles. The van der Waals surface area contributed by atoms with Crippen molar-refractivity contribution < 1.29 is 19.1 Å². The number of hydrogen-bond acceptors (Lipinski definition) is 4. The fourth-order valence-electron chi connectivity index (χ4n) is 3.17. The third-order valence-electron chi connectivity index (χ3n) is 4.58. The van der Waals surface area contributed by atoms with Crippen molar-refractivity contribution in [3.05, 3.63) is 23.8 Å². The van der Waals surface area contributed by atoms with E-state index in [9.17, 15) is 14.4 Å². The van der Waals surface area contributed by atoms with Gasteiger partial charge in [-0.25, -0.2) is 0 Å². The molecule has 0 unspecified atom stereocenters. The third kappa shape index (κ3) is 3.13. The lowest BCUT2D eigenvalue weighted by Gasteiger charge is -2.35. The van der Waals surface area contributed by atoms with Crippen molar-refractivity contribution in [2.45, 2.75) is 39.2 Å². The van der Waals surface area contributed by atoms with Gasteiger partial charge < -0.3 is 9.64 Å². The zero-order valence-electron chi connectivity index (χ0n) is 14.1. The summed E-state index contributed by atoms with van der Waals surface area (Å²) in [6, 6.07) is 4.99. The number of benzene rings is 1. The minimum absolute atomic E-state index is 0.0130. The maximum atomic E-state index is 12.6. The number of anilines is 1. The molecule has 2 aliphatic rings. The Morgan fingerprint density at radius 3 is 2.58 bits per heavy atom. The molecule has 0 bridgehead atoms. The van der Waals surface area contributed by atoms with Crippen LogP contribution in [0.4, 0.5) is 5.69 Å². The van der Waals surface area contributed by atoms with Gasteiger partial charge in [-0.1, -0.05) is 0 Å². The Kier molecular flexibility index (Phi) is 4.55. The molecule has 1 fully saturated rings. The monoisotopic (exact) mass is 330 g/mol. The van der Waals surface area contributed by atoms with Gasteiger partial charge >= 0.3 is 0 Å². The molecule has 1 aromatic rings. The zero-order chi connectivity index (χ0) is 17.3. The Morgan fingerprint density at radius 2 is 1.92 bits per heavy atom. The summed E-state index contributed by atoms with van der Waals surface area (Å²) in [5.74, 6) is 0.120. The fraction of sp³-hybridized carbons (Fsp3) is 0.500. The lowest BCUT2D eigenvalue weighted by molar-refractivity contribution is -0.133. The van der Waals surface area contributed by atoms with Crippen molar-refractivity contribution in [1.82, 2.24) is 4.90 Å². The molecule has 2 amide bonds. The van der Waals surface area contributed by atoms with Crippen LogP contribution in [0.1, 0.15) is 43.5 Å². The minimum Gasteiger partial charge on any atom is -0.479 e. The van der Waals surface area contributed by atoms with Crippen LogP contribution in [0.2, 0.25) is 0 Å². The highest BCUT2D eigenvalue weighted by Crippen LogP contribution is 2.35. The van der Waals surface area contributed by atoms with E-state index in [0.717, 1.165) is 32.4 Å². The van der Waals surface area contributed by atoms with E-state index in [1.54, 1.807) is 25.1 Å². The quantitative estimate of drug-likeness (QED) is 0.795. The van der Waals surface area contributed by atoms with Gasteiger partial charge in [-0.2, -0.15) is 0 Å².